The fraction of sp³-hybridized carbons (Fsp3) is 0.429. The minimum atomic E-state index is 0.0224. The van der Waals surface area contributed by atoms with E-state index in [4.69, 9.17) is 14.9 Å². The summed E-state index contributed by atoms with van der Waals surface area (Å²) in [5, 5.41) is 1.12. The molecule has 0 saturated heterocycles. The Morgan fingerprint density at radius 3 is 2.53 bits per heavy atom. The first-order valence-electron chi connectivity index (χ1n) is 5.77. The average Bonchev–Trinajstić information content (AvgIpc) is 2.65. The van der Waals surface area contributed by atoms with Gasteiger partial charge in [-0.2, -0.15) is 0 Å². The predicted octanol–water partition coefficient (Wildman–Crippen LogP) is 3.20. The number of ether oxygens (including phenoxy) is 1. The molecule has 0 aliphatic heterocycles. The molecule has 1 aromatic carbocycles. The molecule has 0 spiro atoms. The zero-order valence-corrected chi connectivity index (χ0v) is 10.8. The summed E-state index contributed by atoms with van der Waals surface area (Å²) in [6, 6.07) is 5.90. The molecular weight excluding hydrogens is 214 g/mol. The molecule has 17 heavy (non-hydrogen) atoms. The van der Waals surface area contributed by atoms with Crippen LogP contribution in [0.25, 0.3) is 11.0 Å². The Hall–Kier alpha value is -1.48. The summed E-state index contributed by atoms with van der Waals surface area (Å²) in [4.78, 5) is 0. The first kappa shape index (κ1) is 12.0. The molecule has 0 aliphatic carbocycles. The number of benzene rings is 1. The van der Waals surface area contributed by atoms with Gasteiger partial charge in [0, 0.05) is 17.0 Å². The van der Waals surface area contributed by atoms with Crippen molar-refractivity contribution in [3.05, 3.63) is 29.5 Å². The summed E-state index contributed by atoms with van der Waals surface area (Å²) >= 11 is 0. The third-order valence-corrected chi connectivity index (χ3v) is 2.91. The summed E-state index contributed by atoms with van der Waals surface area (Å²) in [7, 11) is 1.65. The van der Waals surface area contributed by atoms with Gasteiger partial charge in [-0.05, 0) is 17.5 Å². The van der Waals surface area contributed by atoms with Crippen LogP contribution in [-0.2, 0) is 12.0 Å². The van der Waals surface area contributed by atoms with E-state index >= 15 is 0 Å². The topological polar surface area (TPSA) is 48.4 Å². The second kappa shape index (κ2) is 4.08. The van der Waals surface area contributed by atoms with Crippen molar-refractivity contribution in [2.45, 2.75) is 32.7 Å². The smallest absolute Gasteiger partial charge is 0.138 e. The largest absolute Gasteiger partial charge is 0.497 e. The number of fused-ring (bicyclic) bond motifs is 1. The van der Waals surface area contributed by atoms with Crippen LogP contribution in [0.1, 0.15) is 32.1 Å². The second-order valence-electron chi connectivity index (χ2n) is 5.22. The molecule has 2 rings (SSSR count). The molecule has 0 fully saturated rings. The van der Waals surface area contributed by atoms with Crippen LogP contribution in [0.2, 0.25) is 0 Å². The zero-order chi connectivity index (χ0) is 12.6. The second-order valence-corrected chi connectivity index (χ2v) is 5.22. The van der Waals surface area contributed by atoms with E-state index in [0.29, 0.717) is 6.54 Å². The Bertz CT molecular complexity index is 535. The molecule has 1 heterocycles. The third-order valence-electron chi connectivity index (χ3n) is 2.91. The van der Waals surface area contributed by atoms with Crippen molar-refractivity contribution in [3.8, 4) is 5.75 Å². The third kappa shape index (κ3) is 2.03. The minimum absolute atomic E-state index is 0.0224. The van der Waals surface area contributed by atoms with Gasteiger partial charge in [0.1, 0.15) is 17.1 Å². The van der Waals surface area contributed by atoms with Gasteiger partial charge in [-0.3, -0.25) is 0 Å². The summed E-state index contributed by atoms with van der Waals surface area (Å²) in [6.45, 7) is 6.92. The van der Waals surface area contributed by atoms with Crippen molar-refractivity contribution in [2.24, 2.45) is 5.73 Å². The number of rotatable bonds is 2. The molecule has 3 nitrogen and oxygen atoms in total. The predicted molar refractivity (Wildman–Crippen MR) is 69.4 cm³/mol. The lowest BCUT2D eigenvalue weighted by Crippen LogP contribution is -2.14. The molecule has 0 unspecified atom stereocenters. The number of methoxy groups -OCH3 is 1. The summed E-state index contributed by atoms with van der Waals surface area (Å²) in [5.41, 5.74) is 7.81. The zero-order valence-electron chi connectivity index (χ0n) is 10.8. The van der Waals surface area contributed by atoms with Crippen molar-refractivity contribution >= 4 is 11.0 Å². The summed E-state index contributed by atoms with van der Waals surface area (Å²) in [5.74, 6) is 1.66. The van der Waals surface area contributed by atoms with Crippen molar-refractivity contribution in [1.29, 1.82) is 0 Å². The molecular formula is C14H19NO2. The van der Waals surface area contributed by atoms with Crippen molar-refractivity contribution in [1.82, 2.24) is 0 Å². The van der Waals surface area contributed by atoms with Gasteiger partial charge in [-0.25, -0.2) is 0 Å². The van der Waals surface area contributed by atoms with Crippen molar-refractivity contribution < 1.29 is 9.15 Å². The van der Waals surface area contributed by atoms with Crippen LogP contribution >= 0.6 is 0 Å². The van der Waals surface area contributed by atoms with Gasteiger partial charge in [-0.15, -0.1) is 0 Å². The first-order chi connectivity index (χ1) is 7.97. The normalized spacial score (nSPS) is 12.1. The van der Waals surface area contributed by atoms with E-state index in [1.807, 2.05) is 18.2 Å². The lowest BCUT2D eigenvalue weighted by atomic mass is 9.85. The molecule has 0 amide bonds. The Labute approximate surface area is 102 Å². The number of hydrogen-bond acceptors (Lipinski definition) is 3. The maximum Gasteiger partial charge on any atom is 0.138 e. The highest BCUT2D eigenvalue weighted by atomic mass is 16.5. The fourth-order valence-corrected chi connectivity index (χ4v) is 2.22. The Balaban J connectivity index is 2.73. The van der Waals surface area contributed by atoms with Gasteiger partial charge >= 0.3 is 0 Å². The Kier molecular flexibility index (Phi) is 2.87. The van der Waals surface area contributed by atoms with Crippen LogP contribution in [-0.4, -0.2) is 7.11 Å². The number of furan rings is 1. The molecule has 1 aromatic heterocycles. The van der Waals surface area contributed by atoms with Crippen LogP contribution in [0.4, 0.5) is 0 Å². The van der Waals surface area contributed by atoms with Crippen LogP contribution < -0.4 is 10.5 Å². The minimum Gasteiger partial charge on any atom is -0.497 e. The fourth-order valence-electron chi connectivity index (χ4n) is 2.22. The van der Waals surface area contributed by atoms with Crippen molar-refractivity contribution in [2.75, 3.05) is 7.11 Å². The maximum absolute atomic E-state index is 5.81. The van der Waals surface area contributed by atoms with Gasteiger partial charge in [0.2, 0.25) is 0 Å². The molecule has 0 radical (unpaired) electrons. The lowest BCUT2D eigenvalue weighted by Gasteiger charge is -2.18. The molecule has 0 atom stereocenters. The molecule has 0 bridgehead atoms. The molecule has 3 heteroatoms. The lowest BCUT2D eigenvalue weighted by molar-refractivity contribution is 0.414. The van der Waals surface area contributed by atoms with Gasteiger partial charge in [0.05, 0.1) is 13.7 Å². The van der Waals surface area contributed by atoms with Crippen molar-refractivity contribution in [3.63, 3.8) is 0 Å². The summed E-state index contributed by atoms with van der Waals surface area (Å²) in [6.07, 6.45) is 0. The van der Waals surface area contributed by atoms with E-state index in [1.165, 1.54) is 5.56 Å². The molecule has 92 valence electrons. The highest BCUT2D eigenvalue weighted by molar-refractivity contribution is 5.84. The SMILES string of the molecule is COc1ccc2c(C(C)(C)C)c(CN)oc2c1. The monoisotopic (exact) mass is 233 g/mol. The van der Waals surface area contributed by atoms with E-state index in [-0.39, 0.29) is 5.41 Å². The van der Waals surface area contributed by atoms with Gasteiger partial charge < -0.3 is 14.9 Å². The van der Waals surface area contributed by atoms with Crippen LogP contribution in [0, 0.1) is 0 Å². The average molecular weight is 233 g/mol. The summed E-state index contributed by atoms with van der Waals surface area (Å²) < 4.78 is 11.0. The standard InChI is InChI=1S/C14H19NO2/c1-14(2,3)13-10-6-5-9(16-4)7-11(10)17-12(13)8-15/h5-7H,8,15H2,1-4H3. The molecule has 2 aromatic rings. The van der Waals surface area contributed by atoms with Gasteiger partial charge in [-0.1, -0.05) is 20.8 Å². The van der Waals surface area contributed by atoms with E-state index in [0.717, 1.165) is 22.5 Å². The highest BCUT2D eigenvalue weighted by Gasteiger charge is 2.24. The van der Waals surface area contributed by atoms with E-state index < -0.39 is 0 Å². The van der Waals surface area contributed by atoms with Crippen LogP contribution in [0.3, 0.4) is 0 Å². The Morgan fingerprint density at radius 1 is 1.29 bits per heavy atom. The van der Waals surface area contributed by atoms with E-state index in [9.17, 15) is 0 Å². The molecule has 0 saturated carbocycles. The maximum atomic E-state index is 5.81. The highest BCUT2D eigenvalue weighted by Crippen LogP contribution is 2.36. The molecule has 2 N–H and O–H groups in total. The van der Waals surface area contributed by atoms with Crippen LogP contribution in [0.15, 0.2) is 22.6 Å². The quantitative estimate of drug-likeness (QED) is 0.866. The van der Waals surface area contributed by atoms with E-state index in [1.54, 1.807) is 7.11 Å². The number of hydrogen-bond donors (Lipinski definition) is 1. The number of nitrogens with two attached hydrogens (primary N) is 1. The Morgan fingerprint density at radius 2 is 2.00 bits per heavy atom. The van der Waals surface area contributed by atoms with E-state index in [2.05, 4.69) is 20.8 Å². The van der Waals surface area contributed by atoms with Crippen LogP contribution in [0.5, 0.6) is 5.75 Å². The first-order valence-corrected chi connectivity index (χ1v) is 5.77. The molecule has 0 aliphatic rings. The van der Waals surface area contributed by atoms with Gasteiger partial charge in [0.15, 0.2) is 0 Å². The van der Waals surface area contributed by atoms with Gasteiger partial charge in [0.25, 0.3) is 0 Å².